The first-order valence-corrected chi connectivity index (χ1v) is 9.01. The van der Waals surface area contributed by atoms with Crippen molar-refractivity contribution in [2.24, 2.45) is 28.1 Å². The van der Waals surface area contributed by atoms with Crippen LogP contribution in [-0.2, 0) is 16.0 Å². The van der Waals surface area contributed by atoms with Gasteiger partial charge in [-0.3, -0.25) is 9.59 Å². The van der Waals surface area contributed by atoms with E-state index < -0.39 is 18.5 Å². The van der Waals surface area contributed by atoms with Crippen LogP contribution in [0.3, 0.4) is 0 Å². The minimum Gasteiger partial charge on any atom is -0.388 e. The van der Waals surface area contributed by atoms with Crippen LogP contribution in [0, 0.1) is 28.1 Å². The van der Waals surface area contributed by atoms with Crippen LogP contribution in [0.2, 0.25) is 0 Å². The van der Waals surface area contributed by atoms with E-state index in [1.807, 2.05) is 24.3 Å². The molecule has 4 heteroatoms. The third-order valence-corrected chi connectivity index (χ3v) is 8.01. The van der Waals surface area contributed by atoms with Gasteiger partial charge in [0.2, 0.25) is 0 Å². The van der Waals surface area contributed by atoms with E-state index in [4.69, 9.17) is 5.11 Å². The highest BCUT2D eigenvalue weighted by molar-refractivity contribution is 6.12. The van der Waals surface area contributed by atoms with Crippen molar-refractivity contribution in [2.45, 2.75) is 32.8 Å². The van der Waals surface area contributed by atoms with Crippen LogP contribution in [0.1, 0.15) is 31.4 Å². The second-order valence-corrected chi connectivity index (χ2v) is 8.55. The van der Waals surface area contributed by atoms with Crippen molar-refractivity contribution < 1.29 is 19.8 Å². The number of carbonyl (C=O) groups excluding carboxylic acids is 2. The second kappa shape index (κ2) is 4.30. The lowest BCUT2D eigenvalue weighted by atomic mass is 9.33. The van der Waals surface area contributed by atoms with Gasteiger partial charge in [0, 0.05) is 17.3 Å². The number of carbonyl (C=O) groups is 2. The molecule has 0 aliphatic heterocycles. The zero-order valence-corrected chi connectivity index (χ0v) is 14.5. The molecule has 6 unspecified atom stereocenters. The van der Waals surface area contributed by atoms with Crippen molar-refractivity contribution in [3.63, 3.8) is 0 Å². The van der Waals surface area contributed by atoms with E-state index in [0.29, 0.717) is 23.0 Å². The Labute approximate surface area is 146 Å². The summed E-state index contributed by atoms with van der Waals surface area (Å²) in [6.45, 7) is 3.65. The average molecular weight is 338 g/mol. The van der Waals surface area contributed by atoms with Crippen LogP contribution in [0.15, 0.2) is 29.8 Å². The number of hydrogen-bond acceptors (Lipinski definition) is 4. The maximum absolute atomic E-state index is 12.7. The number of Topliss-reactive ketones (excluding diaryl/α,β-unsaturated/α-hetero) is 2. The van der Waals surface area contributed by atoms with E-state index >= 15 is 0 Å². The van der Waals surface area contributed by atoms with Crippen LogP contribution >= 0.6 is 0 Å². The Balaban J connectivity index is 1.35. The Morgan fingerprint density at radius 3 is 2.60 bits per heavy atom. The maximum atomic E-state index is 12.7. The van der Waals surface area contributed by atoms with Crippen molar-refractivity contribution in [1.29, 1.82) is 0 Å². The molecule has 5 rings (SSSR count). The Hall–Kier alpha value is -1.78. The fraction of sp³-hybridized carbons (Fsp3) is 0.524. The summed E-state index contributed by atoms with van der Waals surface area (Å²) in [4.78, 5) is 24.0. The van der Waals surface area contributed by atoms with E-state index in [1.165, 1.54) is 5.57 Å². The van der Waals surface area contributed by atoms with Gasteiger partial charge in [0.25, 0.3) is 0 Å². The van der Waals surface area contributed by atoms with Crippen LogP contribution < -0.4 is 0 Å². The van der Waals surface area contributed by atoms with Gasteiger partial charge in [-0.15, -0.1) is 0 Å². The third-order valence-electron chi connectivity index (χ3n) is 8.01. The first-order valence-electron chi connectivity index (χ1n) is 9.01. The lowest BCUT2D eigenvalue weighted by molar-refractivity contribution is -0.172. The summed E-state index contributed by atoms with van der Waals surface area (Å²) in [7, 11) is 0. The van der Waals surface area contributed by atoms with Gasteiger partial charge in [0.05, 0.1) is 5.41 Å². The van der Waals surface area contributed by atoms with Crippen molar-refractivity contribution in [3.8, 4) is 0 Å². The topological polar surface area (TPSA) is 74.6 Å². The Kier molecular flexibility index (Phi) is 2.66. The van der Waals surface area contributed by atoms with E-state index in [2.05, 4.69) is 19.9 Å². The summed E-state index contributed by atoms with van der Waals surface area (Å²) >= 11 is 0. The smallest absolute Gasteiger partial charge is 0.186 e. The van der Waals surface area contributed by atoms with Gasteiger partial charge < -0.3 is 10.2 Å². The first kappa shape index (κ1) is 15.5. The lowest BCUT2D eigenvalue weighted by Crippen LogP contribution is -2.69. The molecule has 130 valence electrons. The molecule has 4 nitrogen and oxygen atoms in total. The molecule has 4 saturated carbocycles. The molecule has 0 amide bonds. The van der Waals surface area contributed by atoms with Crippen LogP contribution in [-0.4, -0.2) is 34.5 Å². The number of rotatable bonds is 5. The number of benzene rings is 1. The van der Waals surface area contributed by atoms with Crippen molar-refractivity contribution in [1.82, 2.24) is 0 Å². The fourth-order valence-corrected chi connectivity index (χ4v) is 6.87. The average Bonchev–Trinajstić information content (AvgIpc) is 3.09. The SMILES string of the molecule is CC12C(=O)C3(C)C4CC(/C1=C\c1ccc(CC(O)C(=O)CO)cc1)C423. The molecule has 4 fully saturated rings. The fourth-order valence-electron chi connectivity index (χ4n) is 6.87. The number of hydrogen-bond donors (Lipinski definition) is 2. The minimum atomic E-state index is -1.16. The van der Waals surface area contributed by atoms with E-state index in [9.17, 15) is 14.7 Å². The van der Waals surface area contributed by atoms with E-state index in [1.54, 1.807) is 0 Å². The zero-order chi connectivity index (χ0) is 17.8. The van der Waals surface area contributed by atoms with Gasteiger partial charge >= 0.3 is 0 Å². The molecule has 0 saturated heterocycles. The molecule has 4 aliphatic carbocycles. The quantitative estimate of drug-likeness (QED) is 0.858. The van der Waals surface area contributed by atoms with E-state index in [-0.39, 0.29) is 17.3 Å². The van der Waals surface area contributed by atoms with Gasteiger partial charge in [0.15, 0.2) is 5.78 Å². The normalized spacial score (nSPS) is 44.8. The molecule has 1 spiro atoms. The molecule has 0 bridgehead atoms. The summed E-state index contributed by atoms with van der Waals surface area (Å²) in [5.74, 6) is 1.10. The van der Waals surface area contributed by atoms with Gasteiger partial charge in [-0.05, 0) is 36.3 Å². The zero-order valence-electron chi connectivity index (χ0n) is 14.5. The predicted octanol–water partition coefficient (Wildman–Crippen LogP) is 1.78. The second-order valence-electron chi connectivity index (χ2n) is 8.55. The highest BCUT2D eigenvalue weighted by atomic mass is 16.3. The summed E-state index contributed by atoms with van der Waals surface area (Å²) in [5, 5.41) is 18.5. The van der Waals surface area contributed by atoms with E-state index in [0.717, 1.165) is 17.5 Å². The molecule has 4 aliphatic rings. The van der Waals surface area contributed by atoms with Crippen LogP contribution in [0.25, 0.3) is 6.08 Å². The Bertz CT molecular complexity index is 853. The number of fused-ring (bicyclic) bond motifs is 1. The van der Waals surface area contributed by atoms with Crippen molar-refractivity contribution >= 4 is 17.6 Å². The molecule has 6 atom stereocenters. The first-order chi connectivity index (χ1) is 11.8. The van der Waals surface area contributed by atoms with Gasteiger partial charge in [-0.25, -0.2) is 0 Å². The molecule has 0 radical (unpaired) electrons. The molecule has 1 aromatic rings. The van der Waals surface area contributed by atoms with Crippen molar-refractivity contribution in [3.05, 3.63) is 41.0 Å². The van der Waals surface area contributed by atoms with Gasteiger partial charge in [-0.1, -0.05) is 42.8 Å². The summed E-state index contributed by atoms with van der Waals surface area (Å²) < 4.78 is 0. The molecule has 1 aromatic carbocycles. The maximum Gasteiger partial charge on any atom is 0.186 e. The third kappa shape index (κ3) is 1.34. The van der Waals surface area contributed by atoms with Gasteiger partial charge in [-0.2, -0.15) is 0 Å². The highest BCUT2D eigenvalue weighted by Crippen LogP contribution is 3.05. The predicted molar refractivity (Wildman–Crippen MR) is 91.5 cm³/mol. The summed E-state index contributed by atoms with van der Waals surface area (Å²) in [6, 6.07) is 7.73. The largest absolute Gasteiger partial charge is 0.388 e. The molecule has 25 heavy (non-hydrogen) atoms. The monoisotopic (exact) mass is 338 g/mol. The Morgan fingerprint density at radius 1 is 1.32 bits per heavy atom. The van der Waals surface area contributed by atoms with Crippen molar-refractivity contribution in [2.75, 3.05) is 6.61 Å². The highest BCUT2D eigenvalue weighted by Gasteiger charge is 3.06. The number of allylic oxidation sites excluding steroid dienone is 1. The molecular weight excluding hydrogens is 316 g/mol. The molecule has 0 aromatic heterocycles. The Morgan fingerprint density at radius 2 is 2.00 bits per heavy atom. The number of aliphatic hydroxyl groups excluding tert-OH is 2. The number of aliphatic hydroxyl groups is 2. The summed E-state index contributed by atoms with van der Waals surface area (Å²) in [5.41, 5.74) is 3.28. The molecule has 2 N–H and O–H groups in total. The standard InChI is InChI=1S/C21H22O4/c1-19-13(14-9-17-20(2,18(19)25)21(14,17)19)7-11-3-5-12(6-4-11)8-15(23)16(24)10-22/h3-7,14-15,17,22-23H,8-10H2,1-2H3/b13-7+. The minimum absolute atomic E-state index is 0.0109. The van der Waals surface area contributed by atoms with Crippen LogP contribution in [0.5, 0.6) is 0 Å². The molecular formula is C21H22O4. The molecule has 0 heterocycles. The van der Waals surface area contributed by atoms with Gasteiger partial charge in [0.1, 0.15) is 18.5 Å². The number of ketones is 2. The summed E-state index contributed by atoms with van der Waals surface area (Å²) in [6.07, 6.45) is 2.38. The van der Waals surface area contributed by atoms with Crippen LogP contribution in [0.4, 0.5) is 0 Å². The lowest BCUT2D eigenvalue weighted by Gasteiger charge is -2.68.